The van der Waals surface area contributed by atoms with Crippen LogP contribution < -0.4 is 4.74 Å². The third kappa shape index (κ3) is 3.90. The Morgan fingerprint density at radius 2 is 1.80 bits per heavy atom. The van der Waals surface area contributed by atoms with Crippen molar-refractivity contribution in [3.05, 3.63) is 29.8 Å². The minimum atomic E-state index is -0.435. The van der Waals surface area contributed by atoms with Gasteiger partial charge in [-0.3, -0.25) is 0 Å². The first-order valence-corrected chi connectivity index (χ1v) is 5.07. The Bertz CT molecular complexity index is 279. The van der Waals surface area contributed by atoms with E-state index in [-0.39, 0.29) is 6.10 Å². The van der Waals surface area contributed by atoms with Crippen LogP contribution in [-0.2, 0) is 4.74 Å². The van der Waals surface area contributed by atoms with Gasteiger partial charge in [0.15, 0.2) is 0 Å². The van der Waals surface area contributed by atoms with Crippen molar-refractivity contribution in [2.45, 2.75) is 26.1 Å². The first-order valence-electron chi connectivity index (χ1n) is 5.07. The van der Waals surface area contributed by atoms with Crippen LogP contribution in [0.4, 0.5) is 0 Å². The zero-order chi connectivity index (χ0) is 11.3. The lowest BCUT2D eigenvalue weighted by Gasteiger charge is -2.14. The lowest BCUT2D eigenvalue weighted by atomic mass is 10.1. The molecular formula is C12H18O3. The molecule has 0 fully saturated rings. The Balaban J connectivity index is 2.56. The number of hydrogen-bond acceptors (Lipinski definition) is 3. The highest BCUT2D eigenvalue weighted by Gasteiger charge is 2.04. The molecule has 3 nitrogen and oxygen atoms in total. The van der Waals surface area contributed by atoms with E-state index in [1.807, 2.05) is 31.2 Å². The molecule has 1 N–H and O–H groups in total. The summed E-state index contributed by atoms with van der Waals surface area (Å²) >= 11 is 0. The summed E-state index contributed by atoms with van der Waals surface area (Å²) in [7, 11) is 1.65. The van der Waals surface area contributed by atoms with Crippen LogP contribution >= 0.6 is 0 Å². The molecule has 2 atom stereocenters. The van der Waals surface area contributed by atoms with Gasteiger partial charge in [0.05, 0.1) is 12.7 Å². The normalized spacial score (nSPS) is 14.7. The highest BCUT2D eigenvalue weighted by atomic mass is 16.5. The van der Waals surface area contributed by atoms with Gasteiger partial charge in [0.25, 0.3) is 0 Å². The molecule has 0 saturated heterocycles. The van der Waals surface area contributed by atoms with Crippen molar-refractivity contribution in [2.75, 3.05) is 13.7 Å². The Hall–Kier alpha value is -1.06. The van der Waals surface area contributed by atoms with Gasteiger partial charge in [0.2, 0.25) is 0 Å². The van der Waals surface area contributed by atoms with Crippen molar-refractivity contribution in [3.8, 4) is 5.75 Å². The van der Waals surface area contributed by atoms with Crippen molar-refractivity contribution >= 4 is 0 Å². The number of rotatable bonds is 5. The minimum absolute atomic E-state index is 0.0346. The van der Waals surface area contributed by atoms with Crippen LogP contribution in [0.2, 0.25) is 0 Å². The molecule has 84 valence electrons. The molecule has 1 rings (SSSR count). The van der Waals surface area contributed by atoms with E-state index < -0.39 is 6.10 Å². The van der Waals surface area contributed by atoms with E-state index in [0.717, 1.165) is 11.3 Å². The molecule has 0 aliphatic heterocycles. The summed E-state index contributed by atoms with van der Waals surface area (Å²) in [5.74, 6) is 0.795. The van der Waals surface area contributed by atoms with Gasteiger partial charge in [-0.1, -0.05) is 12.1 Å². The highest BCUT2D eigenvalue weighted by molar-refractivity contribution is 5.28. The minimum Gasteiger partial charge on any atom is -0.488 e. The van der Waals surface area contributed by atoms with Crippen LogP contribution in [0, 0.1) is 0 Å². The average Bonchev–Trinajstić information content (AvgIpc) is 2.18. The SMILES string of the molecule is COCC(C)Oc1ccc([C@@H](C)O)cc1. The molecular weight excluding hydrogens is 192 g/mol. The Morgan fingerprint density at radius 3 is 2.27 bits per heavy atom. The lowest BCUT2D eigenvalue weighted by Crippen LogP contribution is -2.17. The fourth-order valence-corrected chi connectivity index (χ4v) is 1.33. The van der Waals surface area contributed by atoms with Gasteiger partial charge < -0.3 is 14.6 Å². The molecule has 0 heterocycles. The van der Waals surface area contributed by atoms with E-state index in [1.165, 1.54) is 0 Å². The summed E-state index contributed by atoms with van der Waals surface area (Å²) in [5.41, 5.74) is 0.891. The number of ether oxygens (including phenoxy) is 2. The van der Waals surface area contributed by atoms with Gasteiger partial charge >= 0.3 is 0 Å². The summed E-state index contributed by atoms with van der Waals surface area (Å²) in [6.45, 7) is 4.26. The Labute approximate surface area is 90.6 Å². The zero-order valence-corrected chi connectivity index (χ0v) is 9.43. The number of methoxy groups -OCH3 is 1. The maximum Gasteiger partial charge on any atom is 0.119 e. The predicted molar refractivity (Wildman–Crippen MR) is 59.0 cm³/mol. The van der Waals surface area contributed by atoms with Crippen LogP contribution in [0.5, 0.6) is 5.75 Å². The monoisotopic (exact) mass is 210 g/mol. The lowest BCUT2D eigenvalue weighted by molar-refractivity contribution is 0.0920. The standard InChI is InChI=1S/C12H18O3/c1-9(8-14-3)15-12-6-4-11(5-7-12)10(2)13/h4-7,9-10,13H,8H2,1-3H3/t9?,10-/m1/s1. The third-order valence-electron chi connectivity index (χ3n) is 2.10. The molecule has 0 amide bonds. The highest BCUT2D eigenvalue weighted by Crippen LogP contribution is 2.18. The number of aliphatic hydroxyl groups is 1. The quantitative estimate of drug-likeness (QED) is 0.809. The molecule has 0 saturated carbocycles. The van der Waals surface area contributed by atoms with E-state index in [9.17, 15) is 5.11 Å². The van der Waals surface area contributed by atoms with Gasteiger partial charge in [0, 0.05) is 7.11 Å². The molecule has 0 aromatic heterocycles. The van der Waals surface area contributed by atoms with Crippen molar-refractivity contribution in [1.82, 2.24) is 0 Å². The van der Waals surface area contributed by atoms with Crippen molar-refractivity contribution in [3.63, 3.8) is 0 Å². The molecule has 1 aromatic rings. The molecule has 1 unspecified atom stereocenters. The molecule has 1 aromatic carbocycles. The van der Waals surface area contributed by atoms with Gasteiger partial charge in [-0.25, -0.2) is 0 Å². The second-order valence-corrected chi connectivity index (χ2v) is 3.63. The van der Waals surface area contributed by atoms with Crippen LogP contribution in [0.3, 0.4) is 0 Å². The first kappa shape index (κ1) is 12.0. The van der Waals surface area contributed by atoms with E-state index in [2.05, 4.69) is 0 Å². The van der Waals surface area contributed by atoms with Crippen molar-refractivity contribution in [1.29, 1.82) is 0 Å². The largest absolute Gasteiger partial charge is 0.488 e. The van der Waals surface area contributed by atoms with E-state index >= 15 is 0 Å². The maximum absolute atomic E-state index is 9.32. The summed E-state index contributed by atoms with van der Waals surface area (Å²) in [5, 5.41) is 9.32. The smallest absolute Gasteiger partial charge is 0.119 e. The van der Waals surface area contributed by atoms with Gasteiger partial charge in [0.1, 0.15) is 11.9 Å². The average molecular weight is 210 g/mol. The van der Waals surface area contributed by atoms with Crippen LogP contribution in [-0.4, -0.2) is 24.9 Å². The van der Waals surface area contributed by atoms with Gasteiger partial charge in [-0.05, 0) is 31.5 Å². The second-order valence-electron chi connectivity index (χ2n) is 3.63. The first-order chi connectivity index (χ1) is 7.13. The van der Waals surface area contributed by atoms with Gasteiger partial charge in [-0.2, -0.15) is 0 Å². The Morgan fingerprint density at radius 1 is 1.20 bits per heavy atom. The fraction of sp³-hybridized carbons (Fsp3) is 0.500. The molecule has 3 heteroatoms. The molecule has 0 spiro atoms. The third-order valence-corrected chi connectivity index (χ3v) is 2.10. The van der Waals surface area contributed by atoms with Crippen LogP contribution in [0.25, 0.3) is 0 Å². The van der Waals surface area contributed by atoms with E-state index in [4.69, 9.17) is 9.47 Å². The van der Waals surface area contributed by atoms with Crippen molar-refractivity contribution in [2.24, 2.45) is 0 Å². The number of hydrogen-bond donors (Lipinski definition) is 1. The Kier molecular flexibility index (Phi) is 4.59. The molecule has 0 aliphatic carbocycles. The summed E-state index contributed by atoms with van der Waals surface area (Å²) in [6, 6.07) is 7.43. The van der Waals surface area contributed by atoms with Gasteiger partial charge in [-0.15, -0.1) is 0 Å². The van der Waals surface area contributed by atoms with Crippen LogP contribution in [0.15, 0.2) is 24.3 Å². The molecule has 15 heavy (non-hydrogen) atoms. The van der Waals surface area contributed by atoms with E-state index in [0.29, 0.717) is 6.61 Å². The molecule has 0 radical (unpaired) electrons. The predicted octanol–water partition coefficient (Wildman–Crippen LogP) is 2.15. The number of aliphatic hydroxyl groups excluding tert-OH is 1. The van der Waals surface area contributed by atoms with E-state index in [1.54, 1.807) is 14.0 Å². The molecule has 0 bridgehead atoms. The van der Waals surface area contributed by atoms with Crippen molar-refractivity contribution < 1.29 is 14.6 Å². The summed E-state index contributed by atoms with van der Waals surface area (Å²) in [4.78, 5) is 0. The zero-order valence-electron chi connectivity index (χ0n) is 9.43. The second kappa shape index (κ2) is 5.73. The van der Waals surface area contributed by atoms with Crippen LogP contribution in [0.1, 0.15) is 25.5 Å². The summed E-state index contributed by atoms with van der Waals surface area (Å²) < 4.78 is 10.6. The topological polar surface area (TPSA) is 38.7 Å². The fourth-order valence-electron chi connectivity index (χ4n) is 1.33. The molecule has 0 aliphatic rings. The maximum atomic E-state index is 9.32. The number of benzene rings is 1. The summed E-state index contributed by atoms with van der Waals surface area (Å²) in [6.07, 6.45) is -0.400.